The van der Waals surface area contributed by atoms with Gasteiger partial charge in [-0.3, -0.25) is 0 Å². The Labute approximate surface area is 119 Å². The first-order chi connectivity index (χ1) is 9.72. The largest absolute Gasteiger partial charge is 0.365 e. The van der Waals surface area contributed by atoms with Crippen LogP contribution < -0.4 is 10.6 Å². The normalized spacial score (nSPS) is 18.2. The van der Waals surface area contributed by atoms with Gasteiger partial charge in [-0.25, -0.2) is 0 Å². The van der Waals surface area contributed by atoms with Crippen LogP contribution in [0, 0.1) is 13.8 Å². The van der Waals surface area contributed by atoms with Gasteiger partial charge in [-0.15, -0.1) is 10.2 Å². The van der Waals surface area contributed by atoms with Gasteiger partial charge < -0.3 is 10.6 Å². The Balaban J connectivity index is 1.78. The van der Waals surface area contributed by atoms with Crippen LogP contribution in [0.25, 0.3) is 11.3 Å². The Kier molecular flexibility index (Phi) is 3.65. The first-order valence-electron chi connectivity index (χ1n) is 7.11. The molecule has 1 saturated heterocycles. The fourth-order valence-electron chi connectivity index (χ4n) is 2.64. The lowest BCUT2D eigenvalue weighted by atomic mass is 10.0. The monoisotopic (exact) mass is 268 g/mol. The molecule has 104 valence electrons. The van der Waals surface area contributed by atoms with Gasteiger partial charge in [-0.2, -0.15) is 0 Å². The minimum absolute atomic E-state index is 0.469. The average molecular weight is 268 g/mol. The molecule has 0 aliphatic carbocycles. The number of nitrogens with zero attached hydrogens (tertiary/aromatic N) is 2. The van der Waals surface area contributed by atoms with Crippen molar-refractivity contribution in [1.29, 1.82) is 0 Å². The average Bonchev–Trinajstić information content (AvgIpc) is 2.93. The molecule has 2 aromatic rings. The second kappa shape index (κ2) is 5.59. The van der Waals surface area contributed by atoms with E-state index in [0.717, 1.165) is 36.6 Å². The minimum atomic E-state index is 0.469. The lowest BCUT2D eigenvalue weighted by molar-refractivity contribution is 0.783. The maximum absolute atomic E-state index is 4.35. The molecule has 0 spiro atoms. The summed E-state index contributed by atoms with van der Waals surface area (Å²) in [6.45, 7) is 6.29. The van der Waals surface area contributed by atoms with Crippen LogP contribution in [0.5, 0.6) is 0 Å². The van der Waals surface area contributed by atoms with E-state index >= 15 is 0 Å². The van der Waals surface area contributed by atoms with E-state index in [9.17, 15) is 0 Å². The van der Waals surface area contributed by atoms with Crippen molar-refractivity contribution in [3.8, 4) is 11.3 Å². The summed E-state index contributed by atoms with van der Waals surface area (Å²) in [6.07, 6.45) is 1.14. The standard InChI is InChI=1S/C16H20N4/c1-11-3-4-14(12(2)9-11)15-5-6-16(20-19-15)18-13-7-8-17-10-13/h3-6,9,13,17H,7-8,10H2,1-2H3,(H,18,20). The molecule has 0 bridgehead atoms. The zero-order chi connectivity index (χ0) is 13.9. The number of anilines is 1. The summed E-state index contributed by atoms with van der Waals surface area (Å²) >= 11 is 0. The number of hydrogen-bond acceptors (Lipinski definition) is 4. The van der Waals surface area contributed by atoms with Gasteiger partial charge in [0.05, 0.1) is 5.69 Å². The lowest BCUT2D eigenvalue weighted by Crippen LogP contribution is -2.22. The molecule has 1 aromatic carbocycles. The molecule has 1 aliphatic rings. The van der Waals surface area contributed by atoms with E-state index in [2.05, 4.69) is 52.9 Å². The Morgan fingerprint density at radius 3 is 2.70 bits per heavy atom. The second-order valence-electron chi connectivity index (χ2n) is 5.46. The summed E-state index contributed by atoms with van der Waals surface area (Å²) in [7, 11) is 0. The van der Waals surface area contributed by atoms with Crippen molar-refractivity contribution < 1.29 is 0 Å². The second-order valence-corrected chi connectivity index (χ2v) is 5.46. The van der Waals surface area contributed by atoms with Gasteiger partial charge in [0.1, 0.15) is 5.82 Å². The van der Waals surface area contributed by atoms with Crippen molar-refractivity contribution in [1.82, 2.24) is 15.5 Å². The van der Waals surface area contributed by atoms with Crippen LogP contribution in [0.2, 0.25) is 0 Å². The molecule has 1 atom stereocenters. The highest BCUT2D eigenvalue weighted by atomic mass is 15.2. The molecule has 4 nitrogen and oxygen atoms in total. The Morgan fingerprint density at radius 2 is 2.05 bits per heavy atom. The van der Waals surface area contributed by atoms with Crippen LogP contribution in [0.15, 0.2) is 30.3 Å². The van der Waals surface area contributed by atoms with Crippen LogP contribution in [0.3, 0.4) is 0 Å². The minimum Gasteiger partial charge on any atom is -0.365 e. The molecule has 0 amide bonds. The van der Waals surface area contributed by atoms with Crippen molar-refractivity contribution in [2.24, 2.45) is 0 Å². The molecule has 4 heteroatoms. The number of aryl methyl sites for hydroxylation is 2. The summed E-state index contributed by atoms with van der Waals surface area (Å²) < 4.78 is 0. The van der Waals surface area contributed by atoms with E-state index in [1.165, 1.54) is 11.1 Å². The molecular weight excluding hydrogens is 248 g/mol. The third kappa shape index (κ3) is 2.80. The lowest BCUT2D eigenvalue weighted by Gasteiger charge is -2.12. The zero-order valence-electron chi connectivity index (χ0n) is 12.0. The fraction of sp³-hybridized carbons (Fsp3) is 0.375. The van der Waals surface area contributed by atoms with Crippen molar-refractivity contribution >= 4 is 5.82 Å². The summed E-state index contributed by atoms with van der Waals surface area (Å²) in [5, 5.41) is 15.4. The number of rotatable bonds is 3. The summed E-state index contributed by atoms with van der Waals surface area (Å²) in [5.41, 5.74) is 4.58. The predicted molar refractivity (Wildman–Crippen MR) is 81.8 cm³/mol. The van der Waals surface area contributed by atoms with Gasteiger partial charge in [0.15, 0.2) is 0 Å². The molecule has 0 saturated carbocycles. The van der Waals surface area contributed by atoms with Crippen molar-refractivity contribution in [3.05, 3.63) is 41.5 Å². The van der Waals surface area contributed by atoms with Gasteiger partial charge >= 0.3 is 0 Å². The maximum atomic E-state index is 4.35. The molecule has 3 rings (SSSR count). The quantitative estimate of drug-likeness (QED) is 0.898. The third-order valence-electron chi connectivity index (χ3n) is 3.73. The summed E-state index contributed by atoms with van der Waals surface area (Å²) in [5.74, 6) is 0.854. The van der Waals surface area contributed by atoms with E-state index in [1.54, 1.807) is 0 Å². The van der Waals surface area contributed by atoms with E-state index in [-0.39, 0.29) is 0 Å². The van der Waals surface area contributed by atoms with Crippen LogP contribution >= 0.6 is 0 Å². The Hall–Kier alpha value is -1.94. The van der Waals surface area contributed by atoms with Crippen molar-refractivity contribution in [3.63, 3.8) is 0 Å². The molecule has 1 aliphatic heterocycles. The predicted octanol–water partition coefficient (Wildman–Crippen LogP) is 2.53. The number of benzene rings is 1. The SMILES string of the molecule is Cc1ccc(-c2ccc(NC3CCNC3)nn2)c(C)c1. The van der Waals surface area contributed by atoms with Gasteiger partial charge in [-0.05, 0) is 44.5 Å². The van der Waals surface area contributed by atoms with Crippen LogP contribution in [-0.4, -0.2) is 29.3 Å². The van der Waals surface area contributed by atoms with Gasteiger partial charge in [-0.1, -0.05) is 23.8 Å². The Bertz CT molecular complexity index is 586. The molecule has 0 radical (unpaired) electrons. The van der Waals surface area contributed by atoms with Gasteiger partial charge in [0.25, 0.3) is 0 Å². The molecule has 1 fully saturated rings. The third-order valence-corrected chi connectivity index (χ3v) is 3.73. The zero-order valence-corrected chi connectivity index (χ0v) is 12.0. The highest BCUT2D eigenvalue weighted by Gasteiger charge is 2.14. The molecule has 20 heavy (non-hydrogen) atoms. The van der Waals surface area contributed by atoms with E-state index in [0.29, 0.717) is 6.04 Å². The van der Waals surface area contributed by atoms with E-state index in [4.69, 9.17) is 0 Å². The molecule has 1 aromatic heterocycles. The highest BCUT2D eigenvalue weighted by Crippen LogP contribution is 2.22. The van der Waals surface area contributed by atoms with Crippen LogP contribution in [0.4, 0.5) is 5.82 Å². The molecular formula is C16H20N4. The van der Waals surface area contributed by atoms with Gasteiger partial charge in [0.2, 0.25) is 0 Å². The van der Waals surface area contributed by atoms with E-state index in [1.807, 2.05) is 12.1 Å². The van der Waals surface area contributed by atoms with Gasteiger partial charge in [0, 0.05) is 18.2 Å². The molecule has 2 heterocycles. The van der Waals surface area contributed by atoms with Crippen molar-refractivity contribution in [2.75, 3.05) is 18.4 Å². The summed E-state index contributed by atoms with van der Waals surface area (Å²) in [6, 6.07) is 10.9. The van der Waals surface area contributed by atoms with Crippen LogP contribution in [0.1, 0.15) is 17.5 Å². The van der Waals surface area contributed by atoms with E-state index < -0.39 is 0 Å². The highest BCUT2D eigenvalue weighted by molar-refractivity contribution is 5.64. The first-order valence-corrected chi connectivity index (χ1v) is 7.11. The fourth-order valence-corrected chi connectivity index (χ4v) is 2.64. The summed E-state index contributed by atoms with van der Waals surface area (Å²) in [4.78, 5) is 0. The van der Waals surface area contributed by atoms with Crippen molar-refractivity contribution in [2.45, 2.75) is 26.3 Å². The topological polar surface area (TPSA) is 49.8 Å². The molecule has 1 unspecified atom stereocenters. The molecule has 2 N–H and O–H groups in total. The first kappa shape index (κ1) is 13.1. The smallest absolute Gasteiger partial charge is 0.148 e. The number of hydrogen-bond donors (Lipinski definition) is 2. The Morgan fingerprint density at radius 1 is 1.15 bits per heavy atom. The number of aromatic nitrogens is 2. The number of nitrogens with one attached hydrogen (secondary N) is 2. The maximum Gasteiger partial charge on any atom is 0.148 e. The van der Waals surface area contributed by atoms with Crippen LogP contribution in [-0.2, 0) is 0 Å².